The maximum absolute atomic E-state index is 12.3. The summed E-state index contributed by atoms with van der Waals surface area (Å²) in [7, 11) is 0. The van der Waals surface area contributed by atoms with Crippen LogP contribution in [0.4, 0.5) is 13.2 Å². The minimum absolute atomic E-state index is 0.199. The number of hydrogen-bond acceptors (Lipinski definition) is 5. The number of benzene rings is 1. The predicted octanol–water partition coefficient (Wildman–Crippen LogP) is 3.03. The molecule has 0 bridgehead atoms. The lowest BCUT2D eigenvalue weighted by atomic mass is 10.2. The molecule has 1 aliphatic heterocycles. The van der Waals surface area contributed by atoms with E-state index in [0.29, 0.717) is 36.1 Å². The quantitative estimate of drug-likeness (QED) is 0.852. The lowest BCUT2D eigenvalue weighted by molar-refractivity contribution is -0.141. The van der Waals surface area contributed by atoms with Crippen molar-refractivity contribution in [2.24, 2.45) is 0 Å². The van der Waals surface area contributed by atoms with E-state index in [9.17, 15) is 18.0 Å². The summed E-state index contributed by atoms with van der Waals surface area (Å²) in [5.74, 6) is 0.0386. The van der Waals surface area contributed by atoms with Gasteiger partial charge in [0.1, 0.15) is 6.54 Å². The Balaban J connectivity index is 1.63. The number of hydrogen-bond donors (Lipinski definition) is 1. The van der Waals surface area contributed by atoms with Crippen molar-refractivity contribution in [1.29, 1.82) is 0 Å². The van der Waals surface area contributed by atoms with Crippen LogP contribution in [0, 0.1) is 0 Å². The van der Waals surface area contributed by atoms with Crippen molar-refractivity contribution in [1.82, 2.24) is 20.4 Å². The molecule has 0 spiro atoms. The average molecular weight is 389 g/mol. The molecule has 1 saturated heterocycles. The molecule has 0 radical (unpaired) electrons. The van der Waals surface area contributed by atoms with Crippen LogP contribution in [0.15, 0.2) is 28.8 Å². The van der Waals surface area contributed by atoms with Crippen molar-refractivity contribution in [2.75, 3.05) is 13.1 Å². The van der Waals surface area contributed by atoms with Gasteiger partial charge in [0, 0.05) is 10.6 Å². The van der Waals surface area contributed by atoms with Crippen LogP contribution in [-0.2, 0) is 11.3 Å². The first kappa shape index (κ1) is 18.7. The Bertz CT molecular complexity index is 764. The summed E-state index contributed by atoms with van der Waals surface area (Å²) in [5.41, 5.74) is 0.727. The number of amides is 1. The molecule has 140 valence electrons. The zero-order valence-electron chi connectivity index (χ0n) is 13.6. The van der Waals surface area contributed by atoms with Gasteiger partial charge in [0.15, 0.2) is 0 Å². The van der Waals surface area contributed by atoms with E-state index < -0.39 is 24.7 Å². The maximum atomic E-state index is 12.3. The zero-order valence-corrected chi connectivity index (χ0v) is 14.3. The van der Waals surface area contributed by atoms with Gasteiger partial charge in [0.2, 0.25) is 17.6 Å². The third kappa shape index (κ3) is 4.73. The fraction of sp³-hybridized carbons (Fsp3) is 0.438. The first-order valence-electron chi connectivity index (χ1n) is 7.99. The SMILES string of the molecule is O=C(NCC(F)(F)F)[C@H]1CCCN1Cc1nc(-c2ccc(Cl)cc2)no1. The molecule has 10 heteroatoms. The number of halogens is 4. The number of nitrogens with one attached hydrogen (secondary N) is 1. The summed E-state index contributed by atoms with van der Waals surface area (Å²) in [6, 6.07) is 6.27. The lowest BCUT2D eigenvalue weighted by Crippen LogP contribution is -2.45. The zero-order chi connectivity index (χ0) is 18.7. The largest absolute Gasteiger partial charge is 0.405 e. The summed E-state index contributed by atoms with van der Waals surface area (Å²) in [6.07, 6.45) is -3.23. The molecule has 1 atom stereocenters. The number of aromatic nitrogens is 2. The van der Waals surface area contributed by atoms with E-state index in [2.05, 4.69) is 10.1 Å². The molecule has 26 heavy (non-hydrogen) atoms. The Morgan fingerprint density at radius 2 is 2.08 bits per heavy atom. The summed E-state index contributed by atoms with van der Waals surface area (Å²) < 4.78 is 42.0. The molecule has 1 N–H and O–H groups in total. The number of carbonyl (C=O) groups is 1. The van der Waals surface area contributed by atoms with E-state index in [0.717, 1.165) is 5.56 Å². The second-order valence-corrected chi connectivity index (χ2v) is 6.42. The molecule has 1 aliphatic rings. The number of carbonyl (C=O) groups excluding carboxylic acids is 1. The van der Waals surface area contributed by atoms with Gasteiger partial charge >= 0.3 is 6.18 Å². The van der Waals surface area contributed by atoms with Gasteiger partial charge in [0.25, 0.3) is 0 Å². The van der Waals surface area contributed by atoms with Gasteiger partial charge in [-0.2, -0.15) is 18.2 Å². The van der Waals surface area contributed by atoms with Crippen LogP contribution in [0.25, 0.3) is 11.4 Å². The molecule has 1 aromatic carbocycles. The van der Waals surface area contributed by atoms with Crippen LogP contribution in [-0.4, -0.2) is 46.3 Å². The van der Waals surface area contributed by atoms with Crippen LogP contribution >= 0.6 is 11.6 Å². The van der Waals surface area contributed by atoms with E-state index in [1.165, 1.54) is 0 Å². The summed E-state index contributed by atoms with van der Waals surface area (Å²) in [6.45, 7) is -0.565. The molecular weight excluding hydrogens is 373 g/mol. The van der Waals surface area contributed by atoms with Crippen molar-refractivity contribution in [3.8, 4) is 11.4 Å². The highest BCUT2D eigenvalue weighted by atomic mass is 35.5. The van der Waals surface area contributed by atoms with Crippen molar-refractivity contribution >= 4 is 17.5 Å². The molecule has 0 unspecified atom stereocenters. The van der Waals surface area contributed by atoms with Gasteiger partial charge in [-0.15, -0.1) is 0 Å². The average Bonchev–Trinajstić information content (AvgIpc) is 3.23. The van der Waals surface area contributed by atoms with E-state index in [4.69, 9.17) is 16.1 Å². The van der Waals surface area contributed by atoms with Crippen LogP contribution < -0.4 is 5.32 Å². The molecular formula is C16H16ClF3N4O2. The van der Waals surface area contributed by atoms with Gasteiger partial charge in [-0.25, -0.2) is 0 Å². The molecule has 1 fully saturated rings. The van der Waals surface area contributed by atoms with Gasteiger partial charge in [-0.05, 0) is 43.7 Å². The fourth-order valence-corrected chi connectivity index (χ4v) is 2.95. The first-order valence-corrected chi connectivity index (χ1v) is 8.37. The molecule has 1 amide bonds. The molecule has 0 saturated carbocycles. The van der Waals surface area contributed by atoms with E-state index in [1.54, 1.807) is 29.2 Å². The van der Waals surface area contributed by atoms with Crippen molar-refractivity contribution in [3.05, 3.63) is 35.2 Å². The monoisotopic (exact) mass is 388 g/mol. The Hall–Kier alpha value is -2.13. The predicted molar refractivity (Wildman–Crippen MR) is 87.2 cm³/mol. The van der Waals surface area contributed by atoms with Crippen LogP contribution in [0.2, 0.25) is 5.02 Å². The van der Waals surface area contributed by atoms with Crippen molar-refractivity contribution < 1.29 is 22.5 Å². The van der Waals surface area contributed by atoms with Gasteiger partial charge in [0.05, 0.1) is 12.6 Å². The van der Waals surface area contributed by atoms with Crippen LogP contribution in [0.1, 0.15) is 18.7 Å². The summed E-state index contributed by atoms with van der Waals surface area (Å²) in [5, 5.41) is 6.41. The molecule has 1 aromatic heterocycles. The van der Waals surface area contributed by atoms with E-state index in [1.807, 2.05) is 5.32 Å². The number of likely N-dealkylation sites (tertiary alicyclic amines) is 1. The normalized spacial score (nSPS) is 18.2. The lowest BCUT2D eigenvalue weighted by Gasteiger charge is -2.22. The Kier molecular flexibility index (Phi) is 5.47. The maximum Gasteiger partial charge on any atom is 0.405 e. The molecule has 2 aromatic rings. The fourth-order valence-electron chi connectivity index (χ4n) is 2.83. The number of nitrogens with zero attached hydrogens (tertiary/aromatic N) is 3. The molecule has 0 aliphatic carbocycles. The van der Waals surface area contributed by atoms with Gasteiger partial charge in [-0.3, -0.25) is 9.69 Å². The third-order valence-electron chi connectivity index (χ3n) is 4.04. The molecule has 3 rings (SSSR count). The smallest absolute Gasteiger partial charge is 0.346 e. The third-order valence-corrected chi connectivity index (χ3v) is 4.29. The highest BCUT2D eigenvalue weighted by molar-refractivity contribution is 6.30. The highest BCUT2D eigenvalue weighted by Crippen LogP contribution is 2.23. The van der Waals surface area contributed by atoms with E-state index in [-0.39, 0.29) is 6.54 Å². The Morgan fingerprint density at radius 1 is 1.35 bits per heavy atom. The first-order chi connectivity index (χ1) is 12.3. The molecule has 6 nitrogen and oxygen atoms in total. The summed E-state index contributed by atoms with van der Waals surface area (Å²) >= 11 is 5.84. The summed E-state index contributed by atoms with van der Waals surface area (Å²) in [4.78, 5) is 18.0. The van der Waals surface area contributed by atoms with Gasteiger partial charge in [-0.1, -0.05) is 16.8 Å². The Labute approximate surface area is 152 Å². The standard InChI is InChI=1S/C16H16ClF3N4O2/c17-11-5-3-10(4-6-11)14-22-13(26-23-14)8-24-7-1-2-12(24)15(25)21-9-16(18,19)20/h3-6,12H,1-2,7-9H2,(H,21,25)/t12-/m1/s1. The Morgan fingerprint density at radius 3 is 2.77 bits per heavy atom. The van der Waals surface area contributed by atoms with Crippen LogP contribution in [0.5, 0.6) is 0 Å². The van der Waals surface area contributed by atoms with Crippen LogP contribution in [0.3, 0.4) is 0 Å². The van der Waals surface area contributed by atoms with Gasteiger partial charge < -0.3 is 9.84 Å². The highest BCUT2D eigenvalue weighted by Gasteiger charge is 2.34. The minimum atomic E-state index is -4.43. The minimum Gasteiger partial charge on any atom is -0.346 e. The van der Waals surface area contributed by atoms with Crippen molar-refractivity contribution in [2.45, 2.75) is 31.6 Å². The number of rotatable bonds is 5. The number of alkyl halides is 3. The second-order valence-electron chi connectivity index (χ2n) is 5.98. The molecule has 2 heterocycles. The van der Waals surface area contributed by atoms with Crippen molar-refractivity contribution in [3.63, 3.8) is 0 Å². The second kappa shape index (κ2) is 7.63. The van der Waals surface area contributed by atoms with E-state index >= 15 is 0 Å². The topological polar surface area (TPSA) is 71.3 Å².